The molecule has 2 aliphatic rings. The van der Waals surface area contributed by atoms with E-state index in [0.29, 0.717) is 25.1 Å². The van der Waals surface area contributed by atoms with Gasteiger partial charge in [-0.1, -0.05) is 6.07 Å². The molecule has 2 heterocycles. The Bertz CT molecular complexity index is 1090. The first-order valence-electron chi connectivity index (χ1n) is 9.70. The molecule has 1 aliphatic heterocycles. The van der Waals surface area contributed by atoms with Crippen molar-refractivity contribution in [2.45, 2.75) is 36.3 Å². The number of benzene rings is 1. The molecule has 1 aromatic carbocycles. The van der Waals surface area contributed by atoms with Gasteiger partial charge in [-0.05, 0) is 37.1 Å². The topological polar surface area (TPSA) is 88.3 Å². The Kier molecular flexibility index (Phi) is 5.48. The number of carbonyl (C=O) groups is 1. The molecule has 1 saturated carbocycles. The Hall–Kier alpha value is -2.60. The Morgan fingerprint density at radius 2 is 1.97 bits per heavy atom. The molecule has 1 aromatic heterocycles. The summed E-state index contributed by atoms with van der Waals surface area (Å²) in [4.78, 5) is 18.4. The fraction of sp³-hybridized carbons (Fsp3) is 0.400. The predicted octanol–water partition coefficient (Wildman–Crippen LogP) is 3.96. The number of hydrogen-bond acceptors (Lipinski definition) is 4. The van der Waals surface area contributed by atoms with Crippen molar-refractivity contribution >= 4 is 28.4 Å². The number of rotatable bonds is 4. The Labute approximate surface area is 182 Å². The minimum absolute atomic E-state index is 0.0872. The third-order valence-corrected chi connectivity index (χ3v) is 6.57. The van der Waals surface area contributed by atoms with E-state index in [2.05, 4.69) is 10.3 Å². The minimum atomic E-state index is -4.75. The predicted molar refractivity (Wildman–Crippen MR) is 108 cm³/mol. The number of aromatic nitrogens is 1. The van der Waals surface area contributed by atoms with Crippen LogP contribution in [-0.2, 0) is 17.2 Å². The lowest BCUT2D eigenvalue weighted by molar-refractivity contribution is -0.137. The minimum Gasteiger partial charge on any atom is -0.355 e. The van der Waals surface area contributed by atoms with Crippen LogP contribution in [0.4, 0.5) is 33.5 Å². The van der Waals surface area contributed by atoms with Gasteiger partial charge in [0.05, 0.1) is 21.4 Å². The number of alkyl halides is 5. The van der Waals surface area contributed by atoms with Crippen molar-refractivity contribution < 1.29 is 31.0 Å². The van der Waals surface area contributed by atoms with Crippen molar-refractivity contribution in [3.8, 4) is 0 Å². The number of nitrogens with zero attached hydrogens (tertiary/aromatic N) is 2. The fourth-order valence-corrected chi connectivity index (χ4v) is 4.52. The van der Waals surface area contributed by atoms with Crippen molar-refractivity contribution in [1.82, 2.24) is 4.98 Å². The number of nitrogens with two attached hydrogens (primary N) is 1. The summed E-state index contributed by atoms with van der Waals surface area (Å²) in [7, 11) is -1.82. The zero-order valence-electron chi connectivity index (χ0n) is 16.6. The van der Waals surface area contributed by atoms with Crippen LogP contribution in [-0.4, -0.2) is 34.1 Å². The van der Waals surface area contributed by atoms with Gasteiger partial charge in [0.25, 0.3) is 11.8 Å². The van der Waals surface area contributed by atoms with E-state index >= 15 is 0 Å². The van der Waals surface area contributed by atoms with Gasteiger partial charge in [-0.15, -0.1) is 0 Å². The third kappa shape index (κ3) is 4.20. The van der Waals surface area contributed by atoms with Crippen molar-refractivity contribution in [2.75, 3.05) is 23.3 Å². The van der Waals surface area contributed by atoms with Crippen molar-refractivity contribution in [3.05, 3.63) is 47.7 Å². The van der Waals surface area contributed by atoms with Gasteiger partial charge in [-0.25, -0.2) is 23.1 Å². The lowest BCUT2D eigenvalue weighted by Gasteiger charge is -2.35. The highest BCUT2D eigenvalue weighted by atomic mass is 32.2. The van der Waals surface area contributed by atoms with Crippen LogP contribution < -0.4 is 15.4 Å². The van der Waals surface area contributed by atoms with Crippen LogP contribution in [0.3, 0.4) is 0 Å². The number of amides is 1. The molecule has 4 rings (SSSR count). The molecule has 2 unspecified atom stereocenters. The number of carbonyl (C=O) groups excluding carboxylic acids is 1. The molecule has 1 spiro atoms. The molecule has 3 N–H and O–H groups in total. The molecule has 12 heteroatoms. The molecule has 0 radical (unpaired) electrons. The van der Waals surface area contributed by atoms with Crippen molar-refractivity contribution in [2.24, 2.45) is 10.6 Å². The summed E-state index contributed by atoms with van der Waals surface area (Å²) in [5.74, 6) is -3.82. The lowest BCUT2D eigenvalue weighted by Crippen LogP contribution is -2.40. The molecular weight excluding hydrogens is 455 g/mol. The molecule has 2 aromatic rings. The molecule has 2 atom stereocenters. The Balaban J connectivity index is 1.68. The van der Waals surface area contributed by atoms with Crippen LogP contribution in [0.2, 0.25) is 0 Å². The summed E-state index contributed by atoms with van der Waals surface area (Å²) in [5.41, 5.74) is -2.59. The molecule has 2 fully saturated rings. The smallest absolute Gasteiger partial charge is 0.355 e. The summed E-state index contributed by atoms with van der Waals surface area (Å²) in [6.45, 7) is 0.193. The first-order valence-corrected chi connectivity index (χ1v) is 10.9. The molecule has 1 saturated heterocycles. The summed E-state index contributed by atoms with van der Waals surface area (Å²) in [6.07, 6.45) is -3.73. The number of halogens is 5. The first kappa shape index (κ1) is 22.6. The largest absolute Gasteiger partial charge is 0.417 e. The molecule has 172 valence electrons. The first-order chi connectivity index (χ1) is 14.9. The summed E-state index contributed by atoms with van der Waals surface area (Å²) >= 11 is 0. The van der Waals surface area contributed by atoms with Gasteiger partial charge in [0.1, 0.15) is 16.8 Å². The average Bonchev–Trinajstić information content (AvgIpc) is 3.25. The second-order valence-electron chi connectivity index (χ2n) is 8.06. The van der Waals surface area contributed by atoms with Gasteiger partial charge >= 0.3 is 6.18 Å². The zero-order valence-corrected chi connectivity index (χ0v) is 17.4. The van der Waals surface area contributed by atoms with Crippen LogP contribution >= 0.6 is 0 Å². The van der Waals surface area contributed by atoms with Crippen LogP contribution in [0.5, 0.6) is 0 Å². The quantitative estimate of drug-likeness (QED) is 0.657. The highest BCUT2D eigenvalue weighted by Gasteiger charge is 2.71. The van der Waals surface area contributed by atoms with E-state index < -0.39 is 40.0 Å². The maximum absolute atomic E-state index is 13.9. The van der Waals surface area contributed by atoms with Gasteiger partial charge in [0, 0.05) is 31.4 Å². The Morgan fingerprint density at radius 3 is 2.59 bits per heavy atom. The average molecular weight is 474 g/mol. The fourth-order valence-electron chi connectivity index (χ4n) is 4.07. The standard InChI is InChI=1S/C20H19F5N4O2S/c21-19(22)10-18(19)5-2-6-29(11-18)16-15(7-12(9-27-16)20(23,24)25)17(30)28-13-3-1-4-14(8-13)32(26)31/h1,3-4,7-9H,2,5-6,10-11,26H2,(H,28,30). The molecule has 32 heavy (non-hydrogen) atoms. The van der Waals surface area contributed by atoms with E-state index in [1.807, 2.05) is 0 Å². The van der Waals surface area contributed by atoms with E-state index in [4.69, 9.17) is 5.14 Å². The molecule has 1 aliphatic carbocycles. The molecule has 0 bridgehead atoms. The van der Waals surface area contributed by atoms with Crippen molar-refractivity contribution in [3.63, 3.8) is 0 Å². The highest BCUT2D eigenvalue weighted by Crippen LogP contribution is 2.64. The number of anilines is 2. The maximum Gasteiger partial charge on any atom is 0.417 e. The second kappa shape index (κ2) is 7.77. The summed E-state index contributed by atoms with van der Waals surface area (Å²) < 4.78 is 79.1. The third-order valence-electron chi connectivity index (χ3n) is 5.85. The van der Waals surface area contributed by atoms with E-state index in [9.17, 15) is 31.0 Å². The van der Waals surface area contributed by atoms with Gasteiger partial charge in [0.15, 0.2) is 0 Å². The monoisotopic (exact) mass is 474 g/mol. The molecule has 1 amide bonds. The van der Waals surface area contributed by atoms with E-state index in [0.717, 1.165) is 0 Å². The van der Waals surface area contributed by atoms with Crippen LogP contribution in [0.15, 0.2) is 41.4 Å². The number of nitrogens with one attached hydrogen (secondary N) is 1. The van der Waals surface area contributed by atoms with Crippen LogP contribution in [0, 0.1) is 5.41 Å². The number of piperidine rings is 1. The van der Waals surface area contributed by atoms with Gasteiger partial charge < -0.3 is 10.2 Å². The van der Waals surface area contributed by atoms with Gasteiger partial charge in [-0.2, -0.15) is 13.2 Å². The lowest BCUT2D eigenvalue weighted by atomic mass is 9.94. The summed E-state index contributed by atoms with van der Waals surface area (Å²) in [5, 5.41) is 7.78. The van der Waals surface area contributed by atoms with Crippen LogP contribution in [0.25, 0.3) is 0 Å². The van der Waals surface area contributed by atoms with Crippen LogP contribution in [0.1, 0.15) is 35.2 Å². The van der Waals surface area contributed by atoms with E-state index in [-0.39, 0.29) is 41.5 Å². The number of pyridine rings is 1. The normalized spacial score (nSPS) is 23.1. The summed E-state index contributed by atoms with van der Waals surface area (Å²) in [6, 6.07) is 6.39. The van der Waals surface area contributed by atoms with E-state index in [1.165, 1.54) is 29.2 Å². The second-order valence-corrected chi connectivity index (χ2v) is 9.13. The van der Waals surface area contributed by atoms with Gasteiger partial charge in [-0.3, -0.25) is 4.79 Å². The Morgan fingerprint density at radius 1 is 1.25 bits per heavy atom. The zero-order chi connectivity index (χ0) is 23.3. The highest BCUT2D eigenvalue weighted by molar-refractivity contribution is 7.82. The van der Waals surface area contributed by atoms with E-state index in [1.54, 1.807) is 0 Å². The molecule has 6 nitrogen and oxygen atoms in total. The maximum atomic E-state index is 13.9. The van der Waals surface area contributed by atoms with Crippen molar-refractivity contribution in [1.29, 1.82) is 0 Å². The molecular formula is C20H19F5N4O2S. The van der Waals surface area contributed by atoms with Gasteiger partial charge in [0.2, 0.25) is 0 Å². The SMILES string of the molecule is NS(=O)c1cccc(NC(=O)c2cc(C(F)(F)F)cnc2N2CCCC3(C2)CC3(F)F)c1. The number of hydrogen-bond donors (Lipinski definition) is 2.